The molecule has 0 aromatic heterocycles. The molecule has 1 atom stereocenters. The van der Waals surface area contributed by atoms with Crippen LogP contribution in [-0.4, -0.2) is 62.0 Å². The fourth-order valence-corrected chi connectivity index (χ4v) is 4.39. The van der Waals surface area contributed by atoms with Gasteiger partial charge in [-0.15, -0.1) is 0 Å². The molecule has 0 bridgehead atoms. The summed E-state index contributed by atoms with van der Waals surface area (Å²) in [6, 6.07) is 0. The molecule has 0 unspecified atom stereocenters. The molecule has 1 fully saturated rings. The third-order valence-corrected chi connectivity index (χ3v) is 10.7. The molecule has 0 saturated carbocycles. The van der Waals surface area contributed by atoms with Crippen LogP contribution in [0.3, 0.4) is 0 Å². The molecule has 1 rings (SSSR count). The van der Waals surface area contributed by atoms with Gasteiger partial charge in [0.25, 0.3) is 0 Å². The summed E-state index contributed by atoms with van der Waals surface area (Å²) in [5, 5.41) is 0.0545. The van der Waals surface area contributed by atoms with Crippen LogP contribution < -0.4 is 0 Å². The number of ketones is 1. The molecule has 1 heterocycles. The Bertz CT molecular complexity index is 699. The molecule has 0 aliphatic carbocycles. The molecule has 1 amide bonds. The van der Waals surface area contributed by atoms with Crippen LogP contribution in [0.1, 0.15) is 81.6 Å². The van der Waals surface area contributed by atoms with Gasteiger partial charge >= 0.3 is 12.1 Å². The van der Waals surface area contributed by atoms with E-state index in [1.165, 1.54) is 0 Å². The van der Waals surface area contributed by atoms with Gasteiger partial charge in [0.2, 0.25) is 0 Å². The molecule has 0 spiro atoms. The third-order valence-electron chi connectivity index (χ3n) is 6.17. The van der Waals surface area contributed by atoms with Gasteiger partial charge in [0.1, 0.15) is 17.6 Å². The lowest BCUT2D eigenvalue weighted by atomic mass is 9.78. The van der Waals surface area contributed by atoms with Gasteiger partial charge in [0, 0.05) is 19.7 Å². The summed E-state index contributed by atoms with van der Waals surface area (Å²) in [4.78, 5) is 39.9. The Hall–Kier alpha value is -1.41. The van der Waals surface area contributed by atoms with Crippen molar-refractivity contribution >= 4 is 26.2 Å². The van der Waals surface area contributed by atoms with Gasteiger partial charge < -0.3 is 18.8 Å². The number of rotatable bonds is 7. The van der Waals surface area contributed by atoms with Crippen molar-refractivity contribution in [2.24, 2.45) is 5.41 Å². The van der Waals surface area contributed by atoms with Gasteiger partial charge in [-0.05, 0) is 72.5 Å². The van der Waals surface area contributed by atoms with Crippen molar-refractivity contribution in [3.8, 4) is 0 Å². The van der Waals surface area contributed by atoms with E-state index in [0.717, 1.165) is 0 Å². The Kier molecular flexibility index (Phi) is 8.79. The zero-order chi connectivity index (χ0) is 25.2. The monoisotopic (exact) mass is 471 g/mol. The lowest BCUT2D eigenvalue weighted by Crippen LogP contribution is -2.44. The van der Waals surface area contributed by atoms with Crippen LogP contribution in [0.4, 0.5) is 4.79 Å². The first-order chi connectivity index (χ1) is 14.2. The summed E-state index contributed by atoms with van der Waals surface area (Å²) in [5.41, 5.74) is -2.11. The molecular weight excluding hydrogens is 426 g/mol. The fourth-order valence-electron chi connectivity index (χ4n) is 3.34. The summed E-state index contributed by atoms with van der Waals surface area (Å²) < 4.78 is 17.2. The standard InChI is InChI=1S/C24H45NO6Si/c1-21(2,3)30-19(27)16-18(26)24(13-15-29-32(10,11)23(7,8)9)12-14-25(17-24)20(28)31-22(4,5)6/h12-17H2,1-11H3/t24-/m1/s1. The minimum absolute atomic E-state index is 0.0545. The van der Waals surface area contributed by atoms with Crippen molar-refractivity contribution in [3.05, 3.63) is 0 Å². The van der Waals surface area contributed by atoms with Gasteiger partial charge in [-0.25, -0.2) is 4.79 Å². The molecule has 8 heteroatoms. The van der Waals surface area contributed by atoms with E-state index >= 15 is 0 Å². The number of amides is 1. The van der Waals surface area contributed by atoms with Crippen molar-refractivity contribution in [1.29, 1.82) is 0 Å². The molecule has 0 radical (unpaired) electrons. The highest BCUT2D eigenvalue weighted by molar-refractivity contribution is 6.74. The second kappa shape index (κ2) is 9.83. The van der Waals surface area contributed by atoms with Crippen LogP contribution >= 0.6 is 0 Å². The quantitative estimate of drug-likeness (QED) is 0.284. The normalized spacial score (nSPS) is 20.3. The van der Waals surface area contributed by atoms with E-state index in [1.54, 1.807) is 25.7 Å². The Morgan fingerprint density at radius 2 is 1.44 bits per heavy atom. The Morgan fingerprint density at radius 1 is 0.906 bits per heavy atom. The second-order valence-corrected chi connectivity index (χ2v) is 17.3. The Morgan fingerprint density at radius 3 is 1.91 bits per heavy atom. The van der Waals surface area contributed by atoms with Crippen LogP contribution in [0.25, 0.3) is 0 Å². The lowest BCUT2D eigenvalue weighted by molar-refractivity contribution is -0.157. The van der Waals surface area contributed by atoms with E-state index in [4.69, 9.17) is 13.9 Å². The number of hydrogen-bond donors (Lipinski definition) is 0. The van der Waals surface area contributed by atoms with E-state index in [2.05, 4.69) is 33.9 Å². The maximum atomic E-state index is 13.3. The average Bonchev–Trinajstić information content (AvgIpc) is 2.96. The Labute approximate surface area is 195 Å². The zero-order valence-electron chi connectivity index (χ0n) is 22.1. The van der Waals surface area contributed by atoms with E-state index in [1.807, 2.05) is 20.8 Å². The van der Waals surface area contributed by atoms with Crippen LogP contribution in [0, 0.1) is 5.41 Å². The summed E-state index contributed by atoms with van der Waals surface area (Å²) in [6.45, 7) is 22.7. The van der Waals surface area contributed by atoms with Crippen LogP contribution in [0.15, 0.2) is 0 Å². The second-order valence-electron chi connectivity index (χ2n) is 12.5. The van der Waals surface area contributed by atoms with E-state index in [0.29, 0.717) is 26.0 Å². The summed E-state index contributed by atoms with van der Waals surface area (Å²) in [6.07, 6.45) is 0.198. The average molecular weight is 472 g/mol. The molecule has 1 aliphatic heterocycles. The van der Waals surface area contributed by atoms with Crippen LogP contribution in [0.2, 0.25) is 18.1 Å². The third kappa shape index (κ3) is 8.50. The van der Waals surface area contributed by atoms with Gasteiger partial charge in [-0.2, -0.15) is 0 Å². The maximum Gasteiger partial charge on any atom is 0.410 e. The van der Waals surface area contributed by atoms with Gasteiger partial charge in [-0.3, -0.25) is 9.59 Å². The molecule has 0 aromatic rings. The van der Waals surface area contributed by atoms with Crippen molar-refractivity contribution in [2.45, 2.75) is 111 Å². The highest BCUT2D eigenvalue weighted by atomic mass is 28.4. The molecule has 32 heavy (non-hydrogen) atoms. The molecule has 1 saturated heterocycles. The molecule has 0 aromatic carbocycles. The molecule has 186 valence electrons. The number of nitrogens with zero attached hydrogens (tertiary/aromatic N) is 1. The van der Waals surface area contributed by atoms with Gasteiger partial charge in [0.15, 0.2) is 14.1 Å². The van der Waals surface area contributed by atoms with E-state index in [9.17, 15) is 14.4 Å². The SMILES string of the molecule is CC(C)(C)OC(=O)CC(=O)[C@@]1(CCO[Si](C)(C)C(C)(C)C)CCN(C(=O)OC(C)(C)C)C1. The van der Waals surface area contributed by atoms with Crippen LogP contribution in [-0.2, 0) is 23.5 Å². The summed E-state index contributed by atoms with van der Waals surface area (Å²) in [5.74, 6) is -0.737. The minimum Gasteiger partial charge on any atom is -0.460 e. The predicted octanol–water partition coefficient (Wildman–Crippen LogP) is 5.33. The molecule has 7 nitrogen and oxygen atoms in total. The summed E-state index contributed by atoms with van der Waals surface area (Å²) >= 11 is 0. The number of carbonyl (C=O) groups is 3. The van der Waals surface area contributed by atoms with Crippen molar-refractivity contribution in [3.63, 3.8) is 0 Å². The largest absolute Gasteiger partial charge is 0.460 e. The minimum atomic E-state index is -1.99. The topological polar surface area (TPSA) is 82.1 Å². The molecule has 0 N–H and O–H groups in total. The van der Waals surface area contributed by atoms with Gasteiger partial charge in [0.05, 0.1) is 5.41 Å². The number of likely N-dealkylation sites (tertiary alicyclic amines) is 1. The molecule has 1 aliphatic rings. The number of Topliss-reactive ketones (excluding diaryl/α,β-unsaturated/α-hetero) is 1. The maximum absolute atomic E-state index is 13.3. The lowest BCUT2D eigenvalue weighted by Gasteiger charge is -2.37. The van der Waals surface area contributed by atoms with Crippen molar-refractivity contribution in [1.82, 2.24) is 4.90 Å². The van der Waals surface area contributed by atoms with Gasteiger partial charge in [-0.1, -0.05) is 20.8 Å². The number of esters is 1. The number of carbonyl (C=O) groups excluding carboxylic acids is 3. The van der Waals surface area contributed by atoms with Crippen molar-refractivity contribution < 1.29 is 28.3 Å². The number of ether oxygens (including phenoxy) is 2. The van der Waals surface area contributed by atoms with E-state index < -0.39 is 37.0 Å². The van der Waals surface area contributed by atoms with Crippen molar-refractivity contribution in [2.75, 3.05) is 19.7 Å². The van der Waals surface area contributed by atoms with Crippen LogP contribution in [0.5, 0.6) is 0 Å². The van der Waals surface area contributed by atoms with E-state index in [-0.39, 0.29) is 23.8 Å². The smallest absolute Gasteiger partial charge is 0.410 e. The Balaban J connectivity index is 3.00. The predicted molar refractivity (Wildman–Crippen MR) is 128 cm³/mol. The fraction of sp³-hybridized carbons (Fsp3) is 0.875. The summed E-state index contributed by atoms with van der Waals surface area (Å²) in [7, 11) is -1.99. The highest BCUT2D eigenvalue weighted by Gasteiger charge is 2.47. The first-order valence-corrected chi connectivity index (χ1v) is 14.5. The molecular formula is C24H45NO6Si. The highest BCUT2D eigenvalue weighted by Crippen LogP contribution is 2.40. The number of hydrogen-bond acceptors (Lipinski definition) is 6. The first-order valence-electron chi connectivity index (χ1n) is 11.5. The first kappa shape index (κ1) is 28.6. The zero-order valence-corrected chi connectivity index (χ0v) is 23.1.